The van der Waals surface area contributed by atoms with Crippen molar-refractivity contribution < 1.29 is 23.6 Å². The van der Waals surface area contributed by atoms with Gasteiger partial charge in [-0.3, -0.25) is 14.4 Å². The second kappa shape index (κ2) is 6.44. The second-order valence-electron chi connectivity index (χ2n) is 6.28. The third-order valence-electron chi connectivity index (χ3n) is 3.10. The summed E-state index contributed by atoms with van der Waals surface area (Å²) in [6.45, 7) is 5.71. The van der Waals surface area contributed by atoms with Crippen molar-refractivity contribution in [2.45, 2.75) is 39.3 Å². The van der Waals surface area contributed by atoms with Crippen LogP contribution in [-0.4, -0.2) is 29.1 Å². The normalized spacial score (nSPS) is 18.6. The third-order valence-corrected chi connectivity index (χ3v) is 3.10. The van der Waals surface area contributed by atoms with Gasteiger partial charge in [0.1, 0.15) is 11.4 Å². The standard InChI is InChI=1S/C16H20FNO4/c1-16(2,3)22-14(19)8-12-10-21-18(15(12)20)9-11-4-6-13(17)7-5-11/h4-7,12H,8-10H2,1-3H3/t12-/m1/s1. The van der Waals surface area contributed by atoms with Gasteiger partial charge in [-0.1, -0.05) is 12.1 Å². The Labute approximate surface area is 129 Å². The minimum atomic E-state index is -0.576. The smallest absolute Gasteiger partial charge is 0.307 e. The van der Waals surface area contributed by atoms with Crippen LogP contribution in [0.2, 0.25) is 0 Å². The van der Waals surface area contributed by atoms with E-state index in [4.69, 9.17) is 9.57 Å². The zero-order valence-electron chi connectivity index (χ0n) is 13.0. The Morgan fingerprint density at radius 3 is 2.59 bits per heavy atom. The van der Waals surface area contributed by atoms with Gasteiger partial charge in [0.05, 0.1) is 25.5 Å². The molecule has 1 fully saturated rings. The number of rotatable bonds is 4. The number of esters is 1. The van der Waals surface area contributed by atoms with Crippen molar-refractivity contribution in [2.75, 3.05) is 6.61 Å². The molecule has 1 saturated heterocycles. The molecule has 0 spiro atoms. The molecule has 0 aromatic heterocycles. The molecule has 5 nitrogen and oxygen atoms in total. The van der Waals surface area contributed by atoms with E-state index in [9.17, 15) is 14.0 Å². The van der Waals surface area contributed by atoms with Gasteiger partial charge in [-0.05, 0) is 38.5 Å². The molecular formula is C16H20FNO4. The maximum Gasteiger partial charge on any atom is 0.307 e. The summed E-state index contributed by atoms with van der Waals surface area (Å²) < 4.78 is 18.1. The predicted molar refractivity (Wildman–Crippen MR) is 76.9 cm³/mol. The van der Waals surface area contributed by atoms with Gasteiger partial charge in [0.2, 0.25) is 0 Å². The molecule has 1 atom stereocenters. The lowest BCUT2D eigenvalue weighted by atomic mass is 10.1. The van der Waals surface area contributed by atoms with E-state index in [0.29, 0.717) is 0 Å². The average molecular weight is 309 g/mol. The van der Waals surface area contributed by atoms with Crippen LogP contribution in [0.5, 0.6) is 0 Å². The third kappa shape index (κ3) is 4.53. The molecular weight excluding hydrogens is 289 g/mol. The first-order valence-electron chi connectivity index (χ1n) is 7.15. The first-order valence-corrected chi connectivity index (χ1v) is 7.15. The van der Waals surface area contributed by atoms with E-state index in [1.54, 1.807) is 32.9 Å². The minimum Gasteiger partial charge on any atom is -0.460 e. The molecule has 0 N–H and O–H groups in total. The lowest BCUT2D eigenvalue weighted by Crippen LogP contribution is -2.29. The van der Waals surface area contributed by atoms with E-state index < -0.39 is 17.5 Å². The lowest BCUT2D eigenvalue weighted by Gasteiger charge is -2.20. The highest BCUT2D eigenvalue weighted by Gasteiger charge is 2.35. The quantitative estimate of drug-likeness (QED) is 0.802. The summed E-state index contributed by atoms with van der Waals surface area (Å²) in [5.41, 5.74) is 0.181. The van der Waals surface area contributed by atoms with Gasteiger partial charge in [0.25, 0.3) is 5.91 Å². The molecule has 0 aliphatic carbocycles. The van der Waals surface area contributed by atoms with Gasteiger partial charge in [-0.2, -0.15) is 0 Å². The van der Waals surface area contributed by atoms with Crippen LogP contribution in [0.1, 0.15) is 32.8 Å². The van der Waals surface area contributed by atoms with E-state index in [0.717, 1.165) is 5.56 Å². The number of hydrogen-bond donors (Lipinski definition) is 0. The Balaban J connectivity index is 1.89. The average Bonchev–Trinajstić information content (AvgIpc) is 2.72. The number of amides is 1. The molecule has 0 saturated carbocycles. The number of hydrogen-bond acceptors (Lipinski definition) is 4. The number of benzene rings is 1. The highest BCUT2D eigenvalue weighted by atomic mass is 19.1. The van der Waals surface area contributed by atoms with E-state index in [1.165, 1.54) is 17.2 Å². The van der Waals surface area contributed by atoms with Crippen LogP contribution in [-0.2, 0) is 25.7 Å². The van der Waals surface area contributed by atoms with E-state index >= 15 is 0 Å². The Kier molecular flexibility index (Phi) is 4.81. The van der Waals surface area contributed by atoms with Crippen LogP contribution in [0.15, 0.2) is 24.3 Å². The van der Waals surface area contributed by atoms with Gasteiger partial charge < -0.3 is 4.74 Å². The Bertz CT molecular complexity index is 550. The van der Waals surface area contributed by atoms with E-state index in [2.05, 4.69) is 0 Å². The Hall–Kier alpha value is -1.95. The van der Waals surface area contributed by atoms with E-state index in [1.807, 2.05) is 0 Å². The molecule has 1 aromatic rings. The van der Waals surface area contributed by atoms with Gasteiger partial charge in [-0.25, -0.2) is 9.45 Å². The molecule has 2 rings (SSSR count). The first-order chi connectivity index (χ1) is 10.2. The highest BCUT2D eigenvalue weighted by molar-refractivity contribution is 5.84. The molecule has 1 heterocycles. The highest BCUT2D eigenvalue weighted by Crippen LogP contribution is 2.22. The molecule has 0 bridgehead atoms. The summed E-state index contributed by atoms with van der Waals surface area (Å²) in [5, 5.41) is 1.21. The van der Waals surface area contributed by atoms with Crippen molar-refractivity contribution in [2.24, 2.45) is 5.92 Å². The molecule has 1 aliphatic rings. The number of halogens is 1. The topological polar surface area (TPSA) is 55.8 Å². The lowest BCUT2D eigenvalue weighted by molar-refractivity contribution is -0.165. The van der Waals surface area contributed by atoms with Crippen molar-refractivity contribution in [1.29, 1.82) is 0 Å². The maximum absolute atomic E-state index is 12.9. The summed E-state index contributed by atoms with van der Waals surface area (Å²) >= 11 is 0. The Morgan fingerprint density at radius 1 is 1.36 bits per heavy atom. The molecule has 120 valence electrons. The van der Waals surface area contributed by atoms with Crippen molar-refractivity contribution in [3.63, 3.8) is 0 Å². The van der Waals surface area contributed by atoms with Gasteiger partial charge in [0, 0.05) is 0 Å². The molecule has 6 heteroatoms. The largest absolute Gasteiger partial charge is 0.460 e. The van der Waals surface area contributed by atoms with Crippen LogP contribution >= 0.6 is 0 Å². The number of hydroxylamine groups is 2. The Morgan fingerprint density at radius 2 is 2.00 bits per heavy atom. The predicted octanol–water partition coefficient (Wildman–Crippen LogP) is 2.45. The minimum absolute atomic E-state index is 0.00395. The molecule has 1 amide bonds. The summed E-state index contributed by atoms with van der Waals surface area (Å²) in [6.07, 6.45) is -0.00395. The number of nitrogens with zero attached hydrogens (tertiary/aromatic N) is 1. The fourth-order valence-corrected chi connectivity index (χ4v) is 2.13. The summed E-state index contributed by atoms with van der Waals surface area (Å²) in [6, 6.07) is 5.84. The van der Waals surface area contributed by atoms with Crippen LogP contribution in [0.3, 0.4) is 0 Å². The van der Waals surface area contributed by atoms with Gasteiger partial charge in [0.15, 0.2) is 0 Å². The number of carbonyl (C=O) groups is 2. The summed E-state index contributed by atoms with van der Waals surface area (Å²) in [4.78, 5) is 29.3. The first kappa shape index (κ1) is 16.4. The van der Waals surface area contributed by atoms with E-state index in [-0.39, 0.29) is 31.3 Å². The SMILES string of the molecule is CC(C)(C)OC(=O)C[C@@H]1CON(Cc2ccc(F)cc2)C1=O. The molecule has 0 unspecified atom stereocenters. The number of ether oxygens (including phenoxy) is 1. The van der Waals surface area contributed by atoms with Crippen LogP contribution in [0.25, 0.3) is 0 Å². The van der Waals surface area contributed by atoms with Crippen molar-refractivity contribution >= 4 is 11.9 Å². The summed E-state index contributed by atoms with van der Waals surface area (Å²) in [5.74, 6) is -1.54. The fourth-order valence-electron chi connectivity index (χ4n) is 2.13. The van der Waals surface area contributed by atoms with Crippen molar-refractivity contribution in [1.82, 2.24) is 5.06 Å². The van der Waals surface area contributed by atoms with Crippen LogP contribution in [0, 0.1) is 11.7 Å². The maximum atomic E-state index is 12.9. The molecule has 1 aromatic carbocycles. The zero-order valence-corrected chi connectivity index (χ0v) is 13.0. The monoisotopic (exact) mass is 309 g/mol. The molecule has 22 heavy (non-hydrogen) atoms. The fraction of sp³-hybridized carbons (Fsp3) is 0.500. The van der Waals surface area contributed by atoms with Crippen molar-refractivity contribution in [3.8, 4) is 0 Å². The van der Waals surface area contributed by atoms with Crippen molar-refractivity contribution in [3.05, 3.63) is 35.6 Å². The number of carbonyl (C=O) groups excluding carboxylic acids is 2. The summed E-state index contributed by atoms with van der Waals surface area (Å²) in [7, 11) is 0. The van der Waals surface area contributed by atoms with Crippen LogP contribution in [0.4, 0.5) is 4.39 Å². The van der Waals surface area contributed by atoms with Gasteiger partial charge >= 0.3 is 5.97 Å². The molecule has 0 radical (unpaired) electrons. The van der Waals surface area contributed by atoms with Crippen LogP contribution < -0.4 is 0 Å². The van der Waals surface area contributed by atoms with Gasteiger partial charge in [-0.15, -0.1) is 0 Å². The molecule has 1 aliphatic heterocycles. The second-order valence-corrected chi connectivity index (χ2v) is 6.28. The zero-order chi connectivity index (χ0) is 16.3.